The molecule has 7 heteroatoms. The lowest BCUT2D eigenvalue weighted by Gasteiger charge is -2.34. The average Bonchev–Trinajstić information content (AvgIpc) is 3.05. The third kappa shape index (κ3) is 4.64. The van der Waals surface area contributed by atoms with Gasteiger partial charge in [-0.3, -0.25) is 14.5 Å². The van der Waals surface area contributed by atoms with Crippen molar-refractivity contribution in [3.8, 4) is 5.75 Å². The van der Waals surface area contributed by atoms with Crippen molar-refractivity contribution >= 4 is 24.2 Å². The molecule has 0 saturated carbocycles. The van der Waals surface area contributed by atoms with E-state index in [1.165, 1.54) is 0 Å². The second-order valence-corrected chi connectivity index (χ2v) is 6.02. The molecule has 2 N–H and O–H groups in total. The maximum Gasteiger partial charge on any atom is 0.241 e. The van der Waals surface area contributed by atoms with E-state index in [1.54, 1.807) is 25.2 Å². The van der Waals surface area contributed by atoms with Crippen LogP contribution in [0.1, 0.15) is 38.3 Å². The van der Waals surface area contributed by atoms with E-state index in [9.17, 15) is 14.7 Å². The molecule has 1 fully saturated rings. The summed E-state index contributed by atoms with van der Waals surface area (Å²) < 4.78 is 0. The van der Waals surface area contributed by atoms with Gasteiger partial charge < -0.3 is 15.3 Å². The van der Waals surface area contributed by atoms with Crippen LogP contribution in [0, 0.1) is 0 Å². The summed E-state index contributed by atoms with van der Waals surface area (Å²) in [7, 11) is 1.59. The van der Waals surface area contributed by atoms with Crippen molar-refractivity contribution in [2.75, 3.05) is 26.7 Å². The first-order chi connectivity index (χ1) is 11.5. The van der Waals surface area contributed by atoms with Crippen molar-refractivity contribution in [3.05, 3.63) is 29.8 Å². The molecule has 0 bridgehead atoms. The van der Waals surface area contributed by atoms with E-state index in [-0.39, 0.29) is 36.0 Å². The van der Waals surface area contributed by atoms with E-state index in [0.29, 0.717) is 25.2 Å². The number of benzene rings is 1. The molecule has 0 unspecified atom stereocenters. The average molecular weight is 370 g/mol. The number of aromatic hydroxyl groups is 1. The number of carbonyl (C=O) groups excluding carboxylic acids is 2. The lowest BCUT2D eigenvalue weighted by atomic mass is 10.0. The summed E-state index contributed by atoms with van der Waals surface area (Å²) in [6.45, 7) is 5.94. The highest BCUT2D eigenvalue weighted by Gasteiger charge is 2.40. The van der Waals surface area contributed by atoms with Gasteiger partial charge in [0.25, 0.3) is 0 Å². The molecular weight excluding hydrogens is 342 g/mol. The molecule has 0 aliphatic carbocycles. The fraction of sp³-hybridized carbons (Fsp3) is 0.556. The number of rotatable bonds is 6. The number of phenols is 1. The zero-order chi connectivity index (χ0) is 17.7. The van der Waals surface area contributed by atoms with Crippen LogP contribution in [0.3, 0.4) is 0 Å². The van der Waals surface area contributed by atoms with Crippen molar-refractivity contribution in [2.45, 2.75) is 38.8 Å². The molecule has 2 atom stereocenters. The number of likely N-dealkylation sites (N-methyl/N-ethyl adjacent to an activating group) is 2. The summed E-state index contributed by atoms with van der Waals surface area (Å²) in [5.41, 5.74) is 0.702. The van der Waals surface area contributed by atoms with Crippen molar-refractivity contribution < 1.29 is 14.7 Å². The van der Waals surface area contributed by atoms with Crippen LogP contribution >= 0.6 is 12.4 Å². The summed E-state index contributed by atoms with van der Waals surface area (Å²) in [6.07, 6.45) is 1.63. The van der Waals surface area contributed by atoms with Gasteiger partial charge in [-0.05, 0) is 44.4 Å². The van der Waals surface area contributed by atoms with E-state index in [1.807, 2.05) is 29.7 Å². The first-order valence-corrected chi connectivity index (χ1v) is 8.58. The number of hydrogen-bond donors (Lipinski definition) is 2. The van der Waals surface area contributed by atoms with Crippen LogP contribution in [0.5, 0.6) is 5.75 Å². The van der Waals surface area contributed by atoms with Crippen molar-refractivity contribution in [2.24, 2.45) is 0 Å². The Hall–Kier alpha value is -1.79. The Morgan fingerprint density at radius 3 is 2.60 bits per heavy atom. The van der Waals surface area contributed by atoms with Crippen molar-refractivity contribution in [1.82, 2.24) is 15.1 Å². The maximum atomic E-state index is 12.8. The minimum Gasteiger partial charge on any atom is -0.508 e. The molecule has 25 heavy (non-hydrogen) atoms. The summed E-state index contributed by atoms with van der Waals surface area (Å²) in [5, 5.41) is 12.5. The smallest absolute Gasteiger partial charge is 0.241 e. The number of likely N-dealkylation sites (tertiary alicyclic amines) is 1. The van der Waals surface area contributed by atoms with Gasteiger partial charge >= 0.3 is 0 Å². The van der Waals surface area contributed by atoms with Crippen LogP contribution in [-0.2, 0) is 9.59 Å². The van der Waals surface area contributed by atoms with Gasteiger partial charge in [-0.25, -0.2) is 0 Å². The molecule has 140 valence electrons. The van der Waals surface area contributed by atoms with Crippen molar-refractivity contribution in [1.29, 1.82) is 0 Å². The Labute approximate surface area is 155 Å². The second-order valence-electron chi connectivity index (χ2n) is 6.02. The predicted molar refractivity (Wildman–Crippen MR) is 99.8 cm³/mol. The normalized spacial score (nSPS) is 18.3. The summed E-state index contributed by atoms with van der Waals surface area (Å²) >= 11 is 0. The molecule has 0 spiro atoms. The minimum atomic E-state index is -0.575. The molecule has 0 aromatic heterocycles. The number of carbonyl (C=O) groups is 2. The molecule has 1 heterocycles. The van der Waals surface area contributed by atoms with Gasteiger partial charge in [0.2, 0.25) is 11.8 Å². The third-order valence-electron chi connectivity index (χ3n) is 4.67. The van der Waals surface area contributed by atoms with Gasteiger partial charge in [0.05, 0.1) is 6.04 Å². The van der Waals surface area contributed by atoms with E-state index in [2.05, 4.69) is 5.32 Å². The predicted octanol–water partition coefficient (Wildman–Crippen LogP) is 1.93. The topological polar surface area (TPSA) is 72.9 Å². The minimum absolute atomic E-state index is 0. The summed E-state index contributed by atoms with van der Waals surface area (Å²) in [6, 6.07) is 5.84. The molecule has 2 amide bonds. The Bertz CT molecular complexity index is 593. The van der Waals surface area contributed by atoms with Gasteiger partial charge in [0.1, 0.15) is 11.8 Å². The summed E-state index contributed by atoms with van der Waals surface area (Å²) in [4.78, 5) is 29.1. The van der Waals surface area contributed by atoms with Crippen LogP contribution in [0.15, 0.2) is 24.3 Å². The van der Waals surface area contributed by atoms with E-state index in [4.69, 9.17) is 0 Å². The van der Waals surface area contributed by atoms with Crippen molar-refractivity contribution in [3.63, 3.8) is 0 Å². The fourth-order valence-electron chi connectivity index (χ4n) is 3.43. The zero-order valence-electron chi connectivity index (χ0n) is 15.1. The van der Waals surface area contributed by atoms with E-state index in [0.717, 1.165) is 12.8 Å². The van der Waals surface area contributed by atoms with Crippen LogP contribution in [0.4, 0.5) is 0 Å². The quantitative estimate of drug-likeness (QED) is 0.803. The number of hydrogen-bond acceptors (Lipinski definition) is 4. The lowest BCUT2D eigenvalue weighted by molar-refractivity contribution is -0.138. The fourth-order valence-corrected chi connectivity index (χ4v) is 3.43. The molecule has 6 nitrogen and oxygen atoms in total. The van der Waals surface area contributed by atoms with Crippen LogP contribution in [-0.4, -0.2) is 59.4 Å². The first-order valence-electron chi connectivity index (χ1n) is 8.58. The van der Waals surface area contributed by atoms with Gasteiger partial charge in [0, 0.05) is 26.7 Å². The number of nitrogens with zero attached hydrogens (tertiary/aromatic N) is 2. The first kappa shape index (κ1) is 21.3. The lowest BCUT2D eigenvalue weighted by Crippen LogP contribution is -2.49. The Balaban J connectivity index is 0.00000312. The molecule has 0 radical (unpaired) electrons. The van der Waals surface area contributed by atoms with Crippen LogP contribution in [0.25, 0.3) is 0 Å². The molecule has 1 aliphatic rings. The molecule has 1 aromatic rings. The highest BCUT2D eigenvalue weighted by Crippen LogP contribution is 2.32. The molecule has 2 rings (SSSR count). The van der Waals surface area contributed by atoms with E-state index < -0.39 is 6.04 Å². The second kappa shape index (κ2) is 9.63. The third-order valence-corrected chi connectivity index (χ3v) is 4.67. The van der Waals surface area contributed by atoms with Crippen LogP contribution < -0.4 is 5.32 Å². The number of amides is 2. The highest BCUT2D eigenvalue weighted by molar-refractivity contribution is 5.86. The van der Waals surface area contributed by atoms with Gasteiger partial charge in [-0.15, -0.1) is 12.4 Å². The number of phenolic OH excluding ortho intramolecular Hbond substituents is 1. The molecule has 1 saturated heterocycles. The zero-order valence-corrected chi connectivity index (χ0v) is 15.9. The Morgan fingerprint density at radius 1 is 1.36 bits per heavy atom. The van der Waals surface area contributed by atoms with Gasteiger partial charge in [-0.2, -0.15) is 0 Å². The van der Waals surface area contributed by atoms with Gasteiger partial charge in [0.15, 0.2) is 0 Å². The molecular formula is C18H28ClN3O3. The maximum absolute atomic E-state index is 12.8. The SMILES string of the molecule is CCN(CC)C(=O)[C@@H]1CCCN1[C@@H](C(=O)NC)c1cccc(O)c1.Cl. The Morgan fingerprint density at radius 2 is 2.04 bits per heavy atom. The van der Waals surface area contributed by atoms with Crippen LogP contribution in [0.2, 0.25) is 0 Å². The van der Waals surface area contributed by atoms with E-state index >= 15 is 0 Å². The summed E-state index contributed by atoms with van der Waals surface area (Å²) in [5.74, 6) is 0.0265. The van der Waals surface area contributed by atoms with Gasteiger partial charge in [-0.1, -0.05) is 12.1 Å². The molecule has 1 aromatic carbocycles. The Kier molecular flexibility index (Phi) is 8.19. The largest absolute Gasteiger partial charge is 0.508 e. The highest BCUT2D eigenvalue weighted by atomic mass is 35.5. The number of halogens is 1. The number of nitrogens with one attached hydrogen (secondary N) is 1. The monoisotopic (exact) mass is 369 g/mol. The standard InChI is InChI=1S/C18H27N3O3.ClH/c1-4-20(5-2)18(24)15-10-7-11-21(15)16(17(23)19-3)13-8-6-9-14(22)12-13;/h6,8-9,12,15-16,22H,4-5,7,10-11H2,1-3H3,(H,19,23);1H/t15-,16+;/m0./s1. The molecule has 1 aliphatic heterocycles.